The van der Waals surface area contributed by atoms with Crippen LogP contribution in [0.4, 0.5) is 5.69 Å². The number of amides is 1. The van der Waals surface area contributed by atoms with Crippen LogP contribution >= 0.6 is 0 Å². The fourth-order valence-electron chi connectivity index (χ4n) is 1.48. The Bertz CT molecular complexity index is 403. The van der Waals surface area contributed by atoms with Crippen molar-refractivity contribution in [1.82, 2.24) is 9.97 Å². The molecule has 5 heteroatoms. The fraction of sp³-hybridized carbons (Fsp3) is 0.615. The molecule has 1 fully saturated rings. The molecule has 0 bridgehead atoms. The number of rotatable bonds is 4. The zero-order valence-electron chi connectivity index (χ0n) is 11.5. The van der Waals surface area contributed by atoms with E-state index in [1.54, 1.807) is 6.20 Å². The quantitative estimate of drug-likeness (QED) is 0.893. The lowest BCUT2D eigenvalue weighted by molar-refractivity contribution is -0.115. The molecule has 0 aromatic carbocycles. The summed E-state index contributed by atoms with van der Waals surface area (Å²) in [5.41, 5.74) is 1.61. The van der Waals surface area contributed by atoms with Gasteiger partial charge in [-0.1, -0.05) is 20.8 Å². The molecule has 1 saturated carbocycles. The van der Waals surface area contributed by atoms with Crippen LogP contribution in [0.5, 0.6) is 6.01 Å². The van der Waals surface area contributed by atoms with E-state index in [0.717, 1.165) is 24.2 Å². The van der Waals surface area contributed by atoms with Gasteiger partial charge in [-0.15, -0.1) is 0 Å². The summed E-state index contributed by atoms with van der Waals surface area (Å²) in [4.78, 5) is 19.6. The minimum Gasteiger partial charge on any atom is -0.467 e. The summed E-state index contributed by atoms with van der Waals surface area (Å²) in [6, 6.07) is 0.358. The van der Waals surface area contributed by atoms with Gasteiger partial charge in [0.1, 0.15) is 0 Å². The molecule has 1 aromatic rings. The average molecular weight is 251 g/mol. The Hall–Kier alpha value is -1.65. The Morgan fingerprint density at radius 2 is 2.17 bits per heavy atom. The van der Waals surface area contributed by atoms with Crippen molar-refractivity contribution in [2.75, 3.05) is 12.4 Å². The molecule has 1 amide bonds. The van der Waals surface area contributed by atoms with E-state index >= 15 is 0 Å². The zero-order valence-corrected chi connectivity index (χ0v) is 11.5. The van der Waals surface area contributed by atoms with Crippen molar-refractivity contribution in [3.05, 3.63) is 11.9 Å². The molecule has 0 spiro atoms. The third-order valence-electron chi connectivity index (χ3n) is 2.54. The third kappa shape index (κ3) is 3.68. The van der Waals surface area contributed by atoms with Crippen molar-refractivity contribution >= 4 is 11.6 Å². The summed E-state index contributed by atoms with van der Waals surface area (Å²) in [6.45, 7) is 5.82. The van der Waals surface area contributed by atoms with Gasteiger partial charge in [-0.05, 0) is 12.8 Å². The van der Waals surface area contributed by atoms with Crippen molar-refractivity contribution in [1.29, 1.82) is 0 Å². The normalized spacial score (nSPS) is 13.3. The van der Waals surface area contributed by atoms with E-state index in [9.17, 15) is 4.79 Å². The Kier molecular flexibility index (Phi) is 5.55. The maximum atomic E-state index is 11.3. The number of carbonyl (C=O) groups excluding carboxylic acids is 1. The van der Waals surface area contributed by atoms with Crippen LogP contribution in [0.1, 0.15) is 51.6 Å². The zero-order chi connectivity index (χ0) is 13.5. The highest BCUT2D eigenvalue weighted by molar-refractivity contribution is 5.91. The second-order valence-corrected chi connectivity index (χ2v) is 3.83. The first-order valence-corrected chi connectivity index (χ1v) is 6.45. The van der Waals surface area contributed by atoms with E-state index in [4.69, 9.17) is 4.74 Å². The van der Waals surface area contributed by atoms with E-state index in [2.05, 4.69) is 15.3 Å². The highest BCUT2D eigenvalue weighted by Gasteiger charge is 2.29. The molecule has 2 rings (SSSR count). The van der Waals surface area contributed by atoms with Crippen LogP contribution in [0.2, 0.25) is 0 Å². The maximum absolute atomic E-state index is 11.3. The van der Waals surface area contributed by atoms with Crippen LogP contribution in [0.15, 0.2) is 6.20 Å². The Labute approximate surface area is 108 Å². The average Bonchev–Trinajstić information content (AvgIpc) is 3.25. The first kappa shape index (κ1) is 14.4. The summed E-state index contributed by atoms with van der Waals surface area (Å²) in [5.74, 6) is 0.430. The first-order valence-electron chi connectivity index (χ1n) is 6.45. The number of nitrogens with zero attached hydrogens (tertiary/aromatic N) is 2. The standard InChI is InChI=1S/C11H15N3O2.C2H6/c1-3-9(15)13-8-6-12-11(16-2)14-10(8)7-4-5-7;1-2/h6-7H,3-5H2,1-2H3,(H,13,15);1-2H3. The smallest absolute Gasteiger partial charge is 0.316 e. The van der Waals surface area contributed by atoms with E-state index in [1.165, 1.54) is 7.11 Å². The number of anilines is 1. The monoisotopic (exact) mass is 251 g/mol. The van der Waals surface area contributed by atoms with Gasteiger partial charge in [0, 0.05) is 12.3 Å². The lowest BCUT2D eigenvalue weighted by Crippen LogP contribution is -2.12. The number of hydrogen-bond acceptors (Lipinski definition) is 4. The second-order valence-electron chi connectivity index (χ2n) is 3.83. The van der Waals surface area contributed by atoms with E-state index in [0.29, 0.717) is 18.3 Å². The van der Waals surface area contributed by atoms with Gasteiger partial charge in [0.05, 0.1) is 24.7 Å². The van der Waals surface area contributed by atoms with Gasteiger partial charge in [0.2, 0.25) is 5.91 Å². The first-order chi connectivity index (χ1) is 8.74. The van der Waals surface area contributed by atoms with Crippen molar-refractivity contribution in [2.24, 2.45) is 0 Å². The van der Waals surface area contributed by atoms with Crippen molar-refractivity contribution < 1.29 is 9.53 Å². The van der Waals surface area contributed by atoms with E-state index in [-0.39, 0.29) is 5.91 Å². The number of ether oxygens (including phenoxy) is 1. The highest BCUT2D eigenvalue weighted by Crippen LogP contribution is 2.42. The number of nitrogens with one attached hydrogen (secondary N) is 1. The molecule has 0 atom stereocenters. The molecule has 1 aromatic heterocycles. The molecule has 0 radical (unpaired) electrons. The van der Waals surface area contributed by atoms with Gasteiger partial charge in [-0.3, -0.25) is 4.79 Å². The van der Waals surface area contributed by atoms with Crippen LogP contribution in [0, 0.1) is 0 Å². The summed E-state index contributed by atoms with van der Waals surface area (Å²) in [6.07, 6.45) is 4.31. The van der Waals surface area contributed by atoms with Crippen molar-refractivity contribution in [3.63, 3.8) is 0 Å². The van der Waals surface area contributed by atoms with Gasteiger partial charge in [-0.25, -0.2) is 4.98 Å². The van der Waals surface area contributed by atoms with Gasteiger partial charge in [0.25, 0.3) is 0 Å². The molecular formula is C13H21N3O2. The Morgan fingerprint density at radius 3 is 2.67 bits per heavy atom. The molecule has 0 saturated heterocycles. The molecular weight excluding hydrogens is 230 g/mol. The molecule has 1 heterocycles. The molecule has 0 unspecified atom stereocenters. The van der Waals surface area contributed by atoms with Gasteiger partial charge >= 0.3 is 6.01 Å². The molecule has 1 N–H and O–H groups in total. The van der Waals surface area contributed by atoms with Crippen LogP contribution in [0.25, 0.3) is 0 Å². The molecule has 0 aliphatic heterocycles. The number of carbonyl (C=O) groups is 1. The minimum absolute atomic E-state index is 0.0179. The van der Waals surface area contributed by atoms with Gasteiger partial charge in [0.15, 0.2) is 0 Å². The van der Waals surface area contributed by atoms with Crippen molar-refractivity contribution in [3.8, 4) is 6.01 Å². The number of hydrogen-bond donors (Lipinski definition) is 1. The lowest BCUT2D eigenvalue weighted by Gasteiger charge is -2.09. The third-order valence-corrected chi connectivity index (χ3v) is 2.54. The fourth-order valence-corrected chi connectivity index (χ4v) is 1.48. The van der Waals surface area contributed by atoms with E-state index < -0.39 is 0 Å². The predicted molar refractivity (Wildman–Crippen MR) is 70.8 cm³/mol. The number of aromatic nitrogens is 2. The summed E-state index contributed by atoms with van der Waals surface area (Å²) < 4.78 is 4.98. The topological polar surface area (TPSA) is 64.1 Å². The highest BCUT2D eigenvalue weighted by atomic mass is 16.5. The SMILES string of the molecule is CC.CCC(=O)Nc1cnc(OC)nc1C1CC1. The van der Waals surface area contributed by atoms with E-state index in [1.807, 2.05) is 20.8 Å². The van der Waals surface area contributed by atoms with Crippen molar-refractivity contribution in [2.45, 2.75) is 46.0 Å². The van der Waals surface area contributed by atoms with Gasteiger partial charge < -0.3 is 10.1 Å². The van der Waals surface area contributed by atoms with Crippen LogP contribution in [0.3, 0.4) is 0 Å². The van der Waals surface area contributed by atoms with Gasteiger partial charge in [-0.2, -0.15) is 4.98 Å². The lowest BCUT2D eigenvalue weighted by atomic mass is 10.2. The molecule has 18 heavy (non-hydrogen) atoms. The Balaban J connectivity index is 0.000000771. The summed E-state index contributed by atoms with van der Waals surface area (Å²) in [5, 5.41) is 2.81. The van der Waals surface area contributed by atoms with Crippen LogP contribution in [-0.4, -0.2) is 23.0 Å². The predicted octanol–water partition coefficient (Wildman–Crippen LogP) is 2.74. The maximum Gasteiger partial charge on any atom is 0.316 e. The molecule has 100 valence electrons. The molecule has 1 aliphatic carbocycles. The Morgan fingerprint density at radius 1 is 1.50 bits per heavy atom. The summed E-state index contributed by atoms with van der Waals surface area (Å²) >= 11 is 0. The number of methoxy groups -OCH3 is 1. The minimum atomic E-state index is -0.0179. The van der Waals surface area contributed by atoms with Crippen LogP contribution in [-0.2, 0) is 4.79 Å². The molecule has 5 nitrogen and oxygen atoms in total. The molecule has 1 aliphatic rings. The second kappa shape index (κ2) is 6.93. The van der Waals surface area contributed by atoms with Crippen LogP contribution < -0.4 is 10.1 Å². The largest absolute Gasteiger partial charge is 0.467 e. The summed E-state index contributed by atoms with van der Waals surface area (Å²) in [7, 11) is 1.54.